The van der Waals surface area contributed by atoms with Crippen LogP contribution >= 0.6 is 11.8 Å². The highest BCUT2D eigenvalue weighted by Gasteiger charge is 2.25. The highest BCUT2D eigenvalue weighted by Crippen LogP contribution is 2.33. The van der Waals surface area contributed by atoms with Crippen LogP contribution in [0.4, 0.5) is 0 Å². The summed E-state index contributed by atoms with van der Waals surface area (Å²) in [4.78, 5) is 16.7. The maximum atomic E-state index is 11.8. The highest BCUT2D eigenvalue weighted by atomic mass is 32.2. The molecule has 0 aliphatic heterocycles. The minimum Gasteiger partial charge on any atom is -0.391 e. The second kappa shape index (κ2) is 11.0. The summed E-state index contributed by atoms with van der Waals surface area (Å²) >= 11 is 1.41. The molecule has 0 aromatic heterocycles. The quantitative estimate of drug-likeness (QED) is 0.198. The van der Waals surface area contributed by atoms with E-state index in [0.717, 1.165) is 17.8 Å². The lowest BCUT2D eigenvalue weighted by molar-refractivity contribution is -0.116. The van der Waals surface area contributed by atoms with Gasteiger partial charge in [0.05, 0.1) is 11.4 Å². The molecule has 1 amide bonds. The van der Waals surface area contributed by atoms with Gasteiger partial charge in [0, 0.05) is 42.2 Å². The van der Waals surface area contributed by atoms with Gasteiger partial charge in [0.25, 0.3) is 5.91 Å². The van der Waals surface area contributed by atoms with E-state index in [0.29, 0.717) is 23.6 Å². The lowest BCUT2D eigenvalue weighted by atomic mass is 9.81. The molecule has 1 atom stereocenters. The Hall–Kier alpha value is -1.99. The molecule has 0 heterocycles. The van der Waals surface area contributed by atoms with Gasteiger partial charge in [-0.2, -0.15) is 0 Å². The predicted octanol–water partition coefficient (Wildman–Crippen LogP) is 2.32. The molecular weight excluding hydrogens is 360 g/mol. The largest absolute Gasteiger partial charge is 0.391 e. The normalized spacial score (nSPS) is 17.8. The van der Waals surface area contributed by atoms with Crippen LogP contribution in [0.3, 0.4) is 0 Å². The molecule has 0 aromatic rings. The Balaban J connectivity index is 2.45. The molecule has 0 bridgehead atoms. The molecule has 0 saturated heterocycles. The van der Waals surface area contributed by atoms with E-state index in [4.69, 9.17) is 0 Å². The number of aliphatic hydroxyl groups is 1. The van der Waals surface area contributed by atoms with Crippen molar-refractivity contribution in [1.82, 2.24) is 16.0 Å². The number of amides is 1. The second-order valence-electron chi connectivity index (χ2n) is 6.83. The lowest BCUT2D eigenvalue weighted by Crippen LogP contribution is -2.33. The van der Waals surface area contributed by atoms with Crippen molar-refractivity contribution in [3.8, 4) is 0 Å². The van der Waals surface area contributed by atoms with Crippen LogP contribution in [0.1, 0.15) is 27.2 Å². The zero-order chi connectivity index (χ0) is 20.4. The van der Waals surface area contributed by atoms with Crippen molar-refractivity contribution in [2.75, 3.05) is 26.4 Å². The molecule has 7 heteroatoms. The number of hydrogen-bond donors (Lipinski definition) is 4. The van der Waals surface area contributed by atoms with Gasteiger partial charge in [0.15, 0.2) is 6.23 Å². The van der Waals surface area contributed by atoms with E-state index in [1.54, 1.807) is 6.08 Å². The Morgan fingerprint density at radius 3 is 2.81 bits per heavy atom. The van der Waals surface area contributed by atoms with E-state index < -0.39 is 6.23 Å². The Bertz CT molecular complexity index is 663. The van der Waals surface area contributed by atoms with Gasteiger partial charge >= 0.3 is 0 Å². The third kappa shape index (κ3) is 7.27. The van der Waals surface area contributed by atoms with Crippen LogP contribution in [-0.4, -0.2) is 49.8 Å². The van der Waals surface area contributed by atoms with E-state index in [9.17, 15) is 9.90 Å². The molecule has 150 valence electrons. The number of carbonyl (C=O) groups excluding carboxylic acids is 1. The van der Waals surface area contributed by atoms with E-state index in [1.165, 1.54) is 18.0 Å². The van der Waals surface area contributed by atoms with Crippen molar-refractivity contribution in [3.05, 3.63) is 46.7 Å². The van der Waals surface area contributed by atoms with Gasteiger partial charge in [-0.3, -0.25) is 9.79 Å². The maximum Gasteiger partial charge on any atom is 0.257 e. The van der Waals surface area contributed by atoms with Crippen LogP contribution in [0.5, 0.6) is 0 Å². The highest BCUT2D eigenvalue weighted by molar-refractivity contribution is 8.03. The first-order valence-corrected chi connectivity index (χ1v) is 10.2. The maximum absolute atomic E-state index is 11.8. The summed E-state index contributed by atoms with van der Waals surface area (Å²) in [5.41, 5.74) is 2.48. The van der Waals surface area contributed by atoms with Crippen molar-refractivity contribution >= 4 is 23.9 Å². The van der Waals surface area contributed by atoms with Crippen LogP contribution in [0.2, 0.25) is 0 Å². The molecule has 6 nitrogen and oxygen atoms in total. The van der Waals surface area contributed by atoms with E-state index in [1.807, 2.05) is 26.3 Å². The number of aliphatic hydroxyl groups excluding tert-OH is 1. The van der Waals surface area contributed by atoms with Crippen molar-refractivity contribution in [2.45, 2.75) is 33.4 Å². The number of rotatable bonds is 10. The molecule has 0 radical (unpaired) electrons. The fourth-order valence-electron chi connectivity index (χ4n) is 2.56. The smallest absolute Gasteiger partial charge is 0.257 e. The molecule has 27 heavy (non-hydrogen) atoms. The van der Waals surface area contributed by atoms with E-state index in [-0.39, 0.29) is 11.3 Å². The first-order valence-electron chi connectivity index (χ1n) is 8.97. The molecule has 1 aliphatic carbocycles. The van der Waals surface area contributed by atoms with Crippen molar-refractivity contribution in [3.63, 3.8) is 0 Å². The summed E-state index contributed by atoms with van der Waals surface area (Å²) in [5.74, 6) is -0.0972. The lowest BCUT2D eigenvalue weighted by Gasteiger charge is -2.31. The van der Waals surface area contributed by atoms with Gasteiger partial charge < -0.3 is 21.1 Å². The van der Waals surface area contributed by atoms with Crippen LogP contribution < -0.4 is 16.0 Å². The van der Waals surface area contributed by atoms with Gasteiger partial charge in [0.2, 0.25) is 0 Å². The summed E-state index contributed by atoms with van der Waals surface area (Å²) < 4.78 is 0. The SMILES string of the molecule is C=C(/C=N\CCNC(=O)/C(=C/C)SC)C(O)NC1=CCC(C)(C)C(NC)=C1. The molecule has 4 N–H and O–H groups in total. The van der Waals surface area contributed by atoms with Crippen molar-refractivity contribution in [1.29, 1.82) is 0 Å². The summed E-state index contributed by atoms with van der Waals surface area (Å²) in [5, 5.41) is 19.3. The number of nitrogens with one attached hydrogen (secondary N) is 3. The number of thioether (sulfide) groups is 1. The summed E-state index contributed by atoms with van der Waals surface area (Å²) in [6.07, 6.45) is 9.19. The Kier molecular flexibility index (Phi) is 9.38. The summed E-state index contributed by atoms with van der Waals surface area (Å²) in [6, 6.07) is 0. The summed E-state index contributed by atoms with van der Waals surface area (Å²) in [7, 11) is 1.90. The summed E-state index contributed by atoms with van der Waals surface area (Å²) in [6.45, 7) is 10.9. The van der Waals surface area contributed by atoms with Crippen molar-refractivity contribution in [2.24, 2.45) is 10.4 Å². The van der Waals surface area contributed by atoms with Gasteiger partial charge in [-0.15, -0.1) is 11.8 Å². The van der Waals surface area contributed by atoms with Gasteiger partial charge in [0.1, 0.15) is 0 Å². The molecular formula is C20H32N4O2S. The monoisotopic (exact) mass is 392 g/mol. The zero-order valence-electron chi connectivity index (χ0n) is 16.9. The average Bonchev–Trinajstić information content (AvgIpc) is 2.63. The first-order chi connectivity index (χ1) is 12.7. The second-order valence-corrected chi connectivity index (χ2v) is 7.67. The molecule has 1 unspecified atom stereocenters. The minimum absolute atomic E-state index is 0.0525. The standard InChI is InChI=1S/C20H32N4O2S/c1-7-16(27-6)19(26)23-11-10-22-13-14(2)18(25)24-15-8-9-20(3,4)17(12-15)21-5/h7-8,12-13,18,21,24-25H,2,9-11H2,1,3-6H3,(H,23,26)/b16-7-,22-13-. The fraction of sp³-hybridized carbons (Fsp3) is 0.500. The Labute approximate surface area is 167 Å². The number of allylic oxidation sites excluding steroid dienone is 4. The Morgan fingerprint density at radius 2 is 2.22 bits per heavy atom. The number of carbonyl (C=O) groups is 1. The third-order valence-electron chi connectivity index (χ3n) is 4.27. The van der Waals surface area contributed by atoms with E-state index >= 15 is 0 Å². The molecule has 0 spiro atoms. The van der Waals surface area contributed by atoms with Gasteiger partial charge in [-0.25, -0.2) is 0 Å². The molecule has 0 fully saturated rings. The molecule has 1 aliphatic rings. The van der Waals surface area contributed by atoms with Gasteiger partial charge in [-0.1, -0.05) is 32.6 Å². The fourth-order valence-corrected chi connectivity index (χ4v) is 3.05. The molecule has 0 aromatic carbocycles. The first kappa shape index (κ1) is 23.0. The molecule has 0 saturated carbocycles. The van der Waals surface area contributed by atoms with E-state index in [2.05, 4.69) is 47.4 Å². The number of aliphatic imine (C=N–C) groups is 1. The van der Waals surface area contributed by atoms with Gasteiger partial charge in [-0.05, 0) is 25.7 Å². The number of nitrogens with zero attached hydrogens (tertiary/aromatic N) is 1. The zero-order valence-corrected chi connectivity index (χ0v) is 17.7. The topological polar surface area (TPSA) is 85.8 Å². The number of hydrogen-bond acceptors (Lipinski definition) is 6. The van der Waals surface area contributed by atoms with Crippen LogP contribution in [0, 0.1) is 5.41 Å². The van der Waals surface area contributed by atoms with Crippen LogP contribution in [-0.2, 0) is 4.79 Å². The predicted molar refractivity (Wildman–Crippen MR) is 116 cm³/mol. The molecule has 1 rings (SSSR count). The average molecular weight is 393 g/mol. The van der Waals surface area contributed by atoms with Crippen LogP contribution in [0.25, 0.3) is 0 Å². The third-order valence-corrected chi connectivity index (χ3v) is 5.14. The minimum atomic E-state index is -0.920. The van der Waals surface area contributed by atoms with Crippen molar-refractivity contribution < 1.29 is 9.90 Å². The van der Waals surface area contributed by atoms with Crippen LogP contribution in [0.15, 0.2) is 51.7 Å². The Morgan fingerprint density at radius 1 is 1.52 bits per heavy atom.